The predicted octanol–water partition coefficient (Wildman–Crippen LogP) is 4.61. The third kappa shape index (κ3) is 5.60. The van der Waals surface area contributed by atoms with Gasteiger partial charge in [-0.15, -0.1) is 0 Å². The van der Waals surface area contributed by atoms with Gasteiger partial charge in [0.1, 0.15) is 11.6 Å². The molecule has 1 aromatic carbocycles. The van der Waals surface area contributed by atoms with Crippen LogP contribution in [-0.2, 0) is 4.74 Å². The van der Waals surface area contributed by atoms with Crippen LogP contribution in [0.2, 0.25) is 5.02 Å². The number of nitrogens with zero attached hydrogens (tertiary/aromatic N) is 2. The van der Waals surface area contributed by atoms with Gasteiger partial charge in [-0.1, -0.05) is 11.6 Å². The summed E-state index contributed by atoms with van der Waals surface area (Å²) in [6.45, 7) is 5.16. The van der Waals surface area contributed by atoms with E-state index in [-0.39, 0.29) is 11.1 Å². The number of rotatable bonds is 7. The van der Waals surface area contributed by atoms with Crippen molar-refractivity contribution in [3.8, 4) is 0 Å². The average molecular weight is 404 g/mol. The van der Waals surface area contributed by atoms with Crippen molar-refractivity contribution in [1.29, 1.82) is 0 Å². The lowest BCUT2D eigenvalue weighted by atomic mass is 10.3. The second kappa shape index (κ2) is 8.42. The molecule has 2 rings (SSSR count). The molecule has 0 unspecified atom stereocenters. The molecule has 1 aromatic heterocycles. The molecule has 23 heavy (non-hydrogen) atoms. The van der Waals surface area contributed by atoms with Gasteiger partial charge in [0.25, 0.3) is 0 Å². The maximum absolute atomic E-state index is 13.2. The normalized spacial score (nSPS) is 10.9. The first-order chi connectivity index (χ1) is 11.0. The topological polar surface area (TPSA) is 59.1 Å². The summed E-state index contributed by atoms with van der Waals surface area (Å²) in [4.78, 5) is 8.53. The van der Waals surface area contributed by atoms with Crippen molar-refractivity contribution in [2.75, 3.05) is 23.8 Å². The Hall–Kier alpha value is -1.44. The molecule has 8 heteroatoms. The minimum atomic E-state index is -0.471. The van der Waals surface area contributed by atoms with E-state index < -0.39 is 5.82 Å². The van der Waals surface area contributed by atoms with E-state index in [2.05, 4.69) is 36.5 Å². The molecule has 0 fully saturated rings. The molecule has 1 heterocycles. The summed E-state index contributed by atoms with van der Waals surface area (Å²) in [6.07, 6.45) is 1.82. The van der Waals surface area contributed by atoms with E-state index >= 15 is 0 Å². The lowest BCUT2D eigenvalue weighted by Gasteiger charge is -2.11. The van der Waals surface area contributed by atoms with Crippen LogP contribution in [0.3, 0.4) is 0 Å². The third-order valence-corrected chi connectivity index (χ3v) is 3.64. The monoisotopic (exact) mass is 402 g/mol. The maximum Gasteiger partial charge on any atom is 0.229 e. The quantitative estimate of drug-likeness (QED) is 0.661. The highest BCUT2D eigenvalue weighted by Crippen LogP contribution is 2.24. The van der Waals surface area contributed by atoms with Crippen LogP contribution in [0.15, 0.2) is 28.9 Å². The number of benzene rings is 1. The SMILES string of the molecule is CC(C)OCCNc1nc(Nc2ccc(F)c(Cl)c2)ncc1Br. The first kappa shape index (κ1) is 17.9. The molecule has 0 spiro atoms. The average Bonchev–Trinajstić information content (AvgIpc) is 2.50. The van der Waals surface area contributed by atoms with Gasteiger partial charge in [0.2, 0.25) is 5.95 Å². The molecule has 124 valence electrons. The number of nitrogens with one attached hydrogen (secondary N) is 2. The summed E-state index contributed by atoms with van der Waals surface area (Å²) in [6, 6.07) is 4.33. The summed E-state index contributed by atoms with van der Waals surface area (Å²) >= 11 is 9.15. The standard InChI is InChI=1S/C15H17BrClFN4O/c1-9(2)23-6-5-19-14-11(16)8-20-15(22-14)21-10-3-4-13(18)12(17)7-10/h3-4,7-9H,5-6H2,1-2H3,(H2,19,20,21,22). The van der Waals surface area contributed by atoms with Crippen molar-refractivity contribution in [3.63, 3.8) is 0 Å². The summed E-state index contributed by atoms with van der Waals surface area (Å²) in [5.41, 5.74) is 0.604. The number of aromatic nitrogens is 2. The molecule has 2 aromatic rings. The van der Waals surface area contributed by atoms with Crippen LogP contribution >= 0.6 is 27.5 Å². The fourth-order valence-electron chi connectivity index (χ4n) is 1.72. The predicted molar refractivity (Wildman–Crippen MR) is 94.0 cm³/mol. The van der Waals surface area contributed by atoms with Crippen LogP contribution in [-0.4, -0.2) is 29.2 Å². The first-order valence-corrected chi connectivity index (χ1v) is 8.23. The molecular weight excluding hydrogens is 387 g/mol. The van der Waals surface area contributed by atoms with Crippen LogP contribution in [0.4, 0.5) is 21.8 Å². The van der Waals surface area contributed by atoms with Gasteiger partial charge in [0.15, 0.2) is 0 Å². The largest absolute Gasteiger partial charge is 0.377 e. The molecular formula is C15H17BrClFN4O. The second-order valence-corrected chi connectivity index (χ2v) is 6.25. The van der Waals surface area contributed by atoms with Crippen molar-refractivity contribution >= 4 is 45.0 Å². The third-order valence-electron chi connectivity index (χ3n) is 2.77. The van der Waals surface area contributed by atoms with Gasteiger partial charge in [-0.25, -0.2) is 9.37 Å². The Kier molecular flexibility index (Phi) is 6.56. The molecule has 0 aliphatic carbocycles. The number of hydrogen-bond acceptors (Lipinski definition) is 5. The number of anilines is 3. The highest BCUT2D eigenvalue weighted by molar-refractivity contribution is 9.10. The summed E-state index contributed by atoms with van der Waals surface area (Å²) in [5, 5.41) is 6.19. The van der Waals surface area contributed by atoms with Crippen LogP contribution in [0.5, 0.6) is 0 Å². The Morgan fingerprint density at radius 2 is 2.17 bits per heavy atom. The van der Waals surface area contributed by atoms with Gasteiger partial charge in [-0.3, -0.25) is 0 Å². The minimum absolute atomic E-state index is 0.0382. The Balaban J connectivity index is 2.02. The molecule has 0 aliphatic heterocycles. The van der Waals surface area contributed by atoms with E-state index in [0.717, 1.165) is 4.47 Å². The lowest BCUT2D eigenvalue weighted by Crippen LogP contribution is -2.14. The molecule has 0 aliphatic rings. The van der Waals surface area contributed by atoms with Crippen molar-refractivity contribution in [2.24, 2.45) is 0 Å². The number of halogens is 3. The van der Waals surface area contributed by atoms with Gasteiger partial charge < -0.3 is 15.4 Å². The molecule has 0 bridgehead atoms. The zero-order valence-corrected chi connectivity index (χ0v) is 15.1. The fraction of sp³-hybridized carbons (Fsp3) is 0.333. The van der Waals surface area contributed by atoms with Gasteiger partial charge in [0, 0.05) is 18.4 Å². The lowest BCUT2D eigenvalue weighted by molar-refractivity contribution is 0.0870. The van der Waals surface area contributed by atoms with E-state index in [9.17, 15) is 4.39 Å². The highest BCUT2D eigenvalue weighted by atomic mass is 79.9. The Labute approximate surface area is 147 Å². The maximum atomic E-state index is 13.2. The van der Waals surface area contributed by atoms with Crippen LogP contribution in [0, 0.1) is 5.82 Å². The van der Waals surface area contributed by atoms with Crippen LogP contribution < -0.4 is 10.6 Å². The van der Waals surface area contributed by atoms with Crippen LogP contribution in [0.25, 0.3) is 0 Å². The Bertz CT molecular complexity index is 672. The Morgan fingerprint density at radius 1 is 1.39 bits per heavy atom. The Morgan fingerprint density at radius 3 is 2.87 bits per heavy atom. The summed E-state index contributed by atoms with van der Waals surface area (Å²) in [7, 11) is 0. The number of hydrogen-bond donors (Lipinski definition) is 2. The molecule has 0 atom stereocenters. The van der Waals surface area contributed by atoms with Crippen LogP contribution in [0.1, 0.15) is 13.8 Å². The number of ether oxygens (including phenoxy) is 1. The van der Waals surface area contributed by atoms with Crippen molar-refractivity contribution < 1.29 is 9.13 Å². The van der Waals surface area contributed by atoms with Crippen molar-refractivity contribution in [3.05, 3.63) is 39.7 Å². The van der Waals surface area contributed by atoms with E-state index in [1.807, 2.05) is 13.8 Å². The summed E-state index contributed by atoms with van der Waals surface area (Å²) < 4.78 is 19.4. The van der Waals surface area contributed by atoms with Gasteiger partial charge in [0.05, 0.1) is 22.2 Å². The molecule has 0 saturated heterocycles. The van der Waals surface area contributed by atoms with E-state index in [4.69, 9.17) is 16.3 Å². The van der Waals surface area contributed by atoms with E-state index in [0.29, 0.717) is 30.6 Å². The summed E-state index contributed by atoms with van der Waals surface area (Å²) in [5.74, 6) is 0.549. The molecule has 5 nitrogen and oxygen atoms in total. The molecule has 0 radical (unpaired) electrons. The molecule has 2 N–H and O–H groups in total. The smallest absolute Gasteiger partial charge is 0.229 e. The minimum Gasteiger partial charge on any atom is -0.377 e. The van der Waals surface area contributed by atoms with E-state index in [1.54, 1.807) is 12.3 Å². The van der Waals surface area contributed by atoms with Crippen molar-refractivity contribution in [1.82, 2.24) is 9.97 Å². The second-order valence-electron chi connectivity index (χ2n) is 4.99. The molecule has 0 amide bonds. The van der Waals surface area contributed by atoms with Gasteiger partial charge in [-0.2, -0.15) is 4.98 Å². The zero-order chi connectivity index (χ0) is 16.8. The zero-order valence-electron chi connectivity index (χ0n) is 12.7. The first-order valence-electron chi connectivity index (χ1n) is 7.06. The fourth-order valence-corrected chi connectivity index (χ4v) is 2.23. The van der Waals surface area contributed by atoms with Crippen molar-refractivity contribution in [2.45, 2.75) is 20.0 Å². The van der Waals surface area contributed by atoms with Gasteiger partial charge >= 0.3 is 0 Å². The highest BCUT2D eigenvalue weighted by Gasteiger charge is 2.07. The van der Waals surface area contributed by atoms with E-state index in [1.165, 1.54) is 12.1 Å². The van der Waals surface area contributed by atoms with Gasteiger partial charge in [-0.05, 0) is 48.0 Å². The molecule has 0 saturated carbocycles.